The van der Waals surface area contributed by atoms with Crippen molar-refractivity contribution in [1.29, 1.82) is 0 Å². The fourth-order valence-corrected chi connectivity index (χ4v) is 4.03. The van der Waals surface area contributed by atoms with Crippen molar-refractivity contribution in [2.24, 2.45) is 0 Å². The fraction of sp³-hybridized carbons (Fsp3) is 0.913. The predicted octanol–water partition coefficient (Wildman–Crippen LogP) is -2.35. The monoisotopic (exact) mass is 523 g/mol. The van der Waals surface area contributed by atoms with Crippen LogP contribution in [0, 0.1) is 0 Å². The van der Waals surface area contributed by atoms with Crippen molar-refractivity contribution in [2.75, 3.05) is 26.3 Å². The van der Waals surface area contributed by atoms with Gasteiger partial charge in [0, 0.05) is 25.9 Å². The standard InChI is InChI=1S/C23H41NO12/c1-12(25)6-4-5-7-15(26)24(8-10-33-22-20(31)18(29)16(27)13(2)35-22)9-11-34-23-21(32)19(30)17(28)14(3)36-23/h13-14,16-23,27-32H,4-11H2,1-3H3/t13-,14-,16+,17+,18+,19+,20-,21-,22+,23+/m0/s1. The maximum absolute atomic E-state index is 12.8. The Morgan fingerprint density at radius 2 is 1.11 bits per heavy atom. The van der Waals surface area contributed by atoms with Gasteiger partial charge in [-0.05, 0) is 33.6 Å². The van der Waals surface area contributed by atoms with Crippen molar-refractivity contribution < 1.29 is 59.2 Å². The molecular weight excluding hydrogens is 482 g/mol. The first-order chi connectivity index (χ1) is 16.9. The average molecular weight is 524 g/mol. The van der Waals surface area contributed by atoms with Gasteiger partial charge in [0.15, 0.2) is 12.6 Å². The maximum Gasteiger partial charge on any atom is 0.222 e. The molecule has 210 valence electrons. The van der Waals surface area contributed by atoms with E-state index in [1.807, 2.05) is 0 Å². The maximum atomic E-state index is 12.8. The molecule has 13 nitrogen and oxygen atoms in total. The Morgan fingerprint density at radius 1 is 0.694 bits per heavy atom. The van der Waals surface area contributed by atoms with Crippen LogP contribution in [-0.4, -0.2) is 135 Å². The quantitative estimate of drug-likeness (QED) is 0.141. The number of unbranched alkanes of at least 4 members (excludes halogenated alkanes) is 1. The van der Waals surface area contributed by atoms with Gasteiger partial charge in [0.2, 0.25) is 5.91 Å². The number of hydrogen-bond acceptors (Lipinski definition) is 12. The van der Waals surface area contributed by atoms with Crippen LogP contribution in [0.2, 0.25) is 0 Å². The summed E-state index contributed by atoms with van der Waals surface area (Å²) in [5.41, 5.74) is 0. The molecule has 2 aliphatic rings. The zero-order chi connectivity index (χ0) is 27.0. The zero-order valence-electron chi connectivity index (χ0n) is 21.0. The van der Waals surface area contributed by atoms with Crippen molar-refractivity contribution in [3.05, 3.63) is 0 Å². The van der Waals surface area contributed by atoms with Crippen LogP contribution in [0.1, 0.15) is 46.5 Å². The number of aliphatic hydroxyl groups excluding tert-OH is 6. The molecule has 0 aromatic carbocycles. The highest BCUT2D eigenvalue weighted by atomic mass is 16.7. The molecule has 0 unspecified atom stereocenters. The van der Waals surface area contributed by atoms with Crippen LogP contribution in [0.25, 0.3) is 0 Å². The van der Waals surface area contributed by atoms with Crippen molar-refractivity contribution in [1.82, 2.24) is 4.90 Å². The highest BCUT2D eigenvalue weighted by Crippen LogP contribution is 2.23. The molecule has 36 heavy (non-hydrogen) atoms. The van der Waals surface area contributed by atoms with Gasteiger partial charge in [0.05, 0.1) is 25.4 Å². The topological polar surface area (TPSA) is 196 Å². The summed E-state index contributed by atoms with van der Waals surface area (Å²) in [5.74, 6) is -0.185. The number of ketones is 1. The molecule has 13 heteroatoms. The van der Waals surface area contributed by atoms with Crippen molar-refractivity contribution in [3.8, 4) is 0 Å². The summed E-state index contributed by atoms with van der Waals surface area (Å²) >= 11 is 0. The minimum Gasteiger partial charge on any atom is -0.388 e. The molecule has 2 aliphatic heterocycles. The lowest BCUT2D eigenvalue weighted by Crippen LogP contribution is -2.57. The van der Waals surface area contributed by atoms with Gasteiger partial charge in [-0.2, -0.15) is 0 Å². The molecule has 0 spiro atoms. The van der Waals surface area contributed by atoms with Crippen molar-refractivity contribution in [3.63, 3.8) is 0 Å². The number of carbonyl (C=O) groups excluding carboxylic acids is 2. The second-order valence-corrected chi connectivity index (χ2v) is 9.39. The summed E-state index contributed by atoms with van der Waals surface area (Å²) in [6.07, 6.45) is -10.6. The van der Waals surface area contributed by atoms with E-state index in [1.54, 1.807) is 0 Å². The minimum atomic E-state index is -1.47. The van der Waals surface area contributed by atoms with E-state index in [-0.39, 0.29) is 44.4 Å². The molecule has 1 amide bonds. The van der Waals surface area contributed by atoms with Crippen LogP contribution < -0.4 is 0 Å². The molecule has 6 N–H and O–H groups in total. The number of aliphatic hydroxyl groups is 6. The Morgan fingerprint density at radius 3 is 1.53 bits per heavy atom. The Labute approximate surface area is 210 Å². The highest BCUT2D eigenvalue weighted by molar-refractivity contribution is 5.77. The van der Waals surface area contributed by atoms with Crippen LogP contribution in [0.3, 0.4) is 0 Å². The van der Waals surface area contributed by atoms with Crippen LogP contribution in [-0.2, 0) is 28.5 Å². The smallest absolute Gasteiger partial charge is 0.222 e. The van der Waals surface area contributed by atoms with E-state index < -0.39 is 61.4 Å². The summed E-state index contributed by atoms with van der Waals surface area (Å²) in [5, 5.41) is 59.6. The lowest BCUT2D eigenvalue weighted by Gasteiger charge is -2.39. The van der Waals surface area contributed by atoms with Gasteiger partial charge >= 0.3 is 0 Å². The summed E-state index contributed by atoms with van der Waals surface area (Å²) in [4.78, 5) is 25.4. The molecule has 0 aliphatic carbocycles. The number of nitrogens with zero attached hydrogens (tertiary/aromatic N) is 1. The van der Waals surface area contributed by atoms with Crippen molar-refractivity contribution in [2.45, 2.75) is 108 Å². The highest BCUT2D eigenvalue weighted by Gasteiger charge is 2.43. The molecule has 0 aromatic rings. The SMILES string of the molecule is CC(=O)CCCCC(=O)N(CCO[C@@H]1O[C@@H](C)[C@@H](O)[C@@H](O)[C@@H]1O)CCO[C@@H]1O[C@@H](C)[C@@H](O)[C@@H](O)[C@@H]1O. The van der Waals surface area contributed by atoms with Gasteiger partial charge < -0.3 is 59.3 Å². The lowest BCUT2D eigenvalue weighted by atomic mass is 10.0. The molecule has 0 radical (unpaired) electrons. The van der Waals surface area contributed by atoms with Crippen LogP contribution >= 0.6 is 0 Å². The molecule has 0 saturated carbocycles. The summed E-state index contributed by atoms with van der Waals surface area (Å²) in [7, 11) is 0. The first-order valence-corrected chi connectivity index (χ1v) is 12.3. The Bertz CT molecular complexity index is 656. The van der Waals surface area contributed by atoms with E-state index in [2.05, 4.69) is 0 Å². The van der Waals surface area contributed by atoms with Gasteiger partial charge in [-0.1, -0.05) is 0 Å². The summed E-state index contributed by atoms with van der Waals surface area (Å²) < 4.78 is 21.8. The number of Topliss-reactive ketones (excluding diaryl/α,β-unsaturated/α-hetero) is 1. The molecule has 2 heterocycles. The molecule has 2 rings (SSSR count). The predicted molar refractivity (Wildman–Crippen MR) is 122 cm³/mol. The van der Waals surface area contributed by atoms with Crippen LogP contribution in [0.5, 0.6) is 0 Å². The third-order valence-corrected chi connectivity index (χ3v) is 6.43. The van der Waals surface area contributed by atoms with E-state index in [9.17, 15) is 40.2 Å². The Balaban J connectivity index is 1.89. The number of amides is 1. The van der Waals surface area contributed by atoms with E-state index >= 15 is 0 Å². The molecule has 2 saturated heterocycles. The molecule has 2 fully saturated rings. The second kappa shape index (κ2) is 14.6. The largest absolute Gasteiger partial charge is 0.388 e. The first kappa shape index (κ1) is 31.0. The molecule has 0 bridgehead atoms. The van der Waals surface area contributed by atoms with Crippen LogP contribution in [0.15, 0.2) is 0 Å². The summed E-state index contributed by atoms with van der Waals surface area (Å²) in [6, 6.07) is 0. The number of ether oxygens (including phenoxy) is 4. The van der Waals surface area contributed by atoms with Crippen molar-refractivity contribution >= 4 is 11.7 Å². The van der Waals surface area contributed by atoms with E-state index in [4.69, 9.17) is 18.9 Å². The lowest BCUT2D eigenvalue weighted by molar-refractivity contribution is -0.295. The average Bonchev–Trinajstić information content (AvgIpc) is 2.83. The summed E-state index contributed by atoms with van der Waals surface area (Å²) in [6.45, 7) is 4.61. The van der Waals surface area contributed by atoms with Gasteiger partial charge in [-0.3, -0.25) is 4.79 Å². The van der Waals surface area contributed by atoms with E-state index in [0.29, 0.717) is 19.3 Å². The fourth-order valence-electron chi connectivity index (χ4n) is 4.03. The van der Waals surface area contributed by atoms with Gasteiger partial charge in [-0.25, -0.2) is 0 Å². The minimum absolute atomic E-state index is 0.0428. The normalized spacial score (nSPS) is 37.0. The molecule has 10 atom stereocenters. The second-order valence-electron chi connectivity index (χ2n) is 9.39. The first-order valence-electron chi connectivity index (χ1n) is 12.3. The molecule has 0 aromatic heterocycles. The third kappa shape index (κ3) is 8.65. The van der Waals surface area contributed by atoms with Gasteiger partial charge in [0.1, 0.15) is 42.4 Å². The Kier molecular flexibility index (Phi) is 12.6. The number of rotatable bonds is 13. The number of carbonyl (C=O) groups is 2. The van der Waals surface area contributed by atoms with Crippen LogP contribution in [0.4, 0.5) is 0 Å². The molecular formula is C23H41NO12. The number of hydrogen-bond donors (Lipinski definition) is 6. The Hall–Kier alpha value is -1.26. The van der Waals surface area contributed by atoms with E-state index in [0.717, 1.165) is 0 Å². The van der Waals surface area contributed by atoms with Gasteiger partial charge in [0.25, 0.3) is 0 Å². The van der Waals surface area contributed by atoms with E-state index in [1.165, 1.54) is 25.7 Å². The van der Waals surface area contributed by atoms with Gasteiger partial charge in [-0.15, -0.1) is 0 Å². The zero-order valence-corrected chi connectivity index (χ0v) is 21.0. The third-order valence-electron chi connectivity index (χ3n) is 6.43.